The van der Waals surface area contributed by atoms with Gasteiger partial charge in [-0.1, -0.05) is 62.4 Å². The number of hydrogen-bond donors (Lipinski definition) is 1. The van der Waals surface area contributed by atoms with E-state index in [4.69, 9.17) is 27.9 Å². The molecule has 1 amide bonds. The van der Waals surface area contributed by atoms with Gasteiger partial charge in [0.15, 0.2) is 0 Å². The minimum atomic E-state index is -3.66. The van der Waals surface area contributed by atoms with Crippen LogP contribution in [0.5, 0.6) is 5.88 Å². The van der Waals surface area contributed by atoms with E-state index in [9.17, 15) is 13.2 Å². The van der Waals surface area contributed by atoms with Gasteiger partial charge in [-0.2, -0.15) is 0 Å². The summed E-state index contributed by atoms with van der Waals surface area (Å²) in [7, 11) is -3.66. The van der Waals surface area contributed by atoms with Crippen molar-refractivity contribution in [3.8, 4) is 5.88 Å². The van der Waals surface area contributed by atoms with Crippen LogP contribution in [0.15, 0.2) is 24.3 Å². The molecule has 1 heterocycles. The van der Waals surface area contributed by atoms with Crippen molar-refractivity contribution in [2.45, 2.75) is 58.9 Å². The summed E-state index contributed by atoms with van der Waals surface area (Å²) in [5.74, 6) is -0.301. The van der Waals surface area contributed by atoms with Gasteiger partial charge < -0.3 is 4.74 Å². The Balaban J connectivity index is 2.16. The molecule has 2 aromatic rings. The summed E-state index contributed by atoms with van der Waals surface area (Å²) in [5, 5.41) is 5.42. The molecule has 172 valence electrons. The molecule has 0 unspecified atom stereocenters. The average Bonchev–Trinajstić information content (AvgIpc) is 3.05. The van der Waals surface area contributed by atoms with Crippen molar-refractivity contribution in [3.05, 3.63) is 45.6 Å². The lowest BCUT2D eigenvalue weighted by atomic mass is 10.2. The van der Waals surface area contributed by atoms with Gasteiger partial charge in [0.05, 0.1) is 31.0 Å². The maximum atomic E-state index is 12.4. The zero-order valence-electron chi connectivity index (χ0n) is 17.9. The van der Waals surface area contributed by atoms with Crippen LogP contribution < -0.4 is 9.46 Å². The smallest absolute Gasteiger partial charge is 0.239 e. The van der Waals surface area contributed by atoms with Crippen molar-refractivity contribution in [1.29, 1.82) is 0 Å². The Bertz CT molecular complexity index is 977. The maximum Gasteiger partial charge on any atom is 0.239 e. The third-order valence-corrected chi connectivity index (χ3v) is 6.50. The van der Waals surface area contributed by atoms with Gasteiger partial charge in [0.1, 0.15) is 0 Å². The Hall–Kier alpha value is -1.77. The summed E-state index contributed by atoms with van der Waals surface area (Å²) in [5.41, 5.74) is 1.29. The van der Waals surface area contributed by atoms with Crippen LogP contribution in [0.25, 0.3) is 0 Å². The minimum absolute atomic E-state index is 0.0718. The number of ether oxygens (including phenoxy) is 1. The van der Waals surface area contributed by atoms with Gasteiger partial charge in [-0.05, 0) is 30.5 Å². The van der Waals surface area contributed by atoms with Gasteiger partial charge in [-0.3, -0.25) is 14.2 Å². The third-order valence-electron chi connectivity index (χ3n) is 4.55. The summed E-state index contributed by atoms with van der Waals surface area (Å²) in [6, 6.07) is 6.80. The number of carbonyl (C=O) groups is 1. The van der Waals surface area contributed by atoms with Crippen LogP contribution in [-0.2, 0) is 27.8 Å². The minimum Gasteiger partial charge on any atom is -0.477 e. The predicted molar refractivity (Wildman–Crippen MR) is 123 cm³/mol. The first kappa shape index (κ1) is 25.5. The highest BCUT2D eigenvalue weighted by atomic mass is 35.5. The fourth-order valence-corrected chi connectivity index (χ4v) is 4.45. The zero-order valence-corrected chi connectivity index (χ0v) is 20.2. The Morgan fingerprint density at radius 1 is 1.13 bits per heavy atom. The molecular weight excluding hydrogens is 461 g/mol. The number of rotatable bonds is 13. The van der Waals surface area contributed by atoms with Crippen molar-refractivity contribution >= 4 is 39.1 Å². The molecule has 1 N–H and O–H groups in total. The lowest BCUT2D eigenvalue weighted by Crippen LogP contribution is -2.34. The highest BCUT2D eigenvalue weighted by molar-refractivity contribution is 7.90. The van der Waals surface area contributed by atoms with Crippen LogP contribution in [0.2, 0.25) is 10.0 Å². The lowest BCUT2D eigenvalue weighted by molar-refractivity contribution is -0.118. The van der Waals surface area contributed by atoms with Crippen molar-refractivity contribution < 1.29 is 17.9 Å². The Morgan fingerprint density at radius 2 is 1.87 bits per heavy atom. The van der Waals surface area contributed by atoms with Gasteiger partial charge in [-0.15, -0.1) is 5.10 Å². The molecule has 1 aromatic carbocycles. The standard InChI is InChI=1S/C21H29Cl2N3O4S/c1-3-5-7-11-31(28,29)25-20(27)13-18-14-21(30-10-6-4-2)24-26(18)15-16-8-9-17(22)12-19(16)23/h8-9,12,14H,3-7,10-11,13,15H2,1-2H3,(H,25,27). The molecule has 0 aliphatic heterocycles. The summed E-state index contributed by atoms with van der Waals surface area (Å²) in [6.07, 6.45) is 3.91. The molecule has 0 aliphatic rings. The van der Waals surface area contributed by atoms with Crippen LogP contribution in [0.1, 0.15) is 57.2 Å². The summed E-state index contributed by atoms with van der Waals surface area (Å²) in [4.78, 5) is 12.4. The number of nitrogens with zero attached hydrogens (tertiary/aromatic N) is 2. The van der Waals surface area contributed by atoms with E-state index >= 15 is 0 Å². The summed E-state index contributed by atoms with van der Waals surface area (Å²) in [6.45, 7) is 4.84. The molecule has 0 atom stereocenters. The van der Waals surface area contributed by atoms with Crippen molar-refractivity contribution in [2.24, 2.45) is 0 Å². The average molecular weight is 490 g/mol. The Morgan fingerprint density at radius 3 is 2.55 bits per heavy atom. The highest BCUT2D eigenvalue weighted by Gasteiger charge is 2.18. The van der Waals surface area contributed by atoms with Crippen molar-refractivity contribution in [3.63, 3.8) is 0 Å². The van der Waals surface area contributed by atoms with E-state index in [1.807, 2.05) is 6.92 Å². The number of aromatic nitrogens is 2. The van der Waals surface area contributed by atoms with Gasteiger partial charge in [0.25, 0.3) is 0 Å². The number of nitrogens with one attached hydrogen (secondary N) is 1. The SMILES string of the molecule is CCCCCS(=O)(=O)NC(=O)Cc1cc(OCCCC)nn1Cc1ccc(Cl)cc1Cl. The number of unbranched alkanes of at least 4 members (excludes halogenated alkanes) is 3. The first-order chi connectivity index (χ1) is 14.7. The van der Waals surface area contributed by atoms with E-state index in [0.29, 0.717) is 41.2 Å². The fourth-order valence-electron chi connectivity index (χ4n) is 2.88. The van der Waals surface area contributed by atoms with Gasteiger partial charge in [0.2, 0.25) is 21.8 Å². The van der Waals surface area contributed by atoms with E-state index in [1.54, 1.807) is 28.9 Å². The third kappa shape index (κ3) is 8.71. The molecule has 2 rings (SSSR count). The molecule has 10 heteroatoms. The molecule has 0 spiro atoms. The van der Waals surface area contributed by atoms with E-state index < -0.39 is 15.9 Å². The monoisotopic (exact) mass is 489 g/mol. The van der Waals surface area contributed by atoms with Gasteiger partial charge in [0, 0.05) is 16.1 Å². The summed E-state index contributed by atoms with van der Waals surface area (Å²) < 4.78 is 33.7. The number of amides is 1. The number of carbonyl (C=O) groups excluding carboxylic acids is 1. The van der Waals surface area contributed by atoms with E-state index in [1.165, 1.54) is 0 Å². The van der Waals surface area contributed by atoms with E-state index in [-0.39, 0.29) is 12.2 Å². The van der Waals surface area contributed by atoms with Crippen LogP contribution in [0.4, 0.5) is 0 Å². The molecular formula is C21H29Cl2N3O4S. The molecule has 1 aromatic heterocycles. The largest absolute Gasteiger partial charge is 0.477 e. The van der Waals surface area contributed by atoms with Crippen LogP contribution in [0, 0.1) is 0 Å². The Labute approximate surface area is 194 Å². The Kier molecular flexibility index (Phi) is 10.1. The van der Waals surface area contributed by atoms with Crippen LogP contribution in [0.3, 0.4) is 0 Å². The first-order valence-corrected chi connectivity index (χ1v) is 12.8. The molecule has 0 fully saturated rings. The predicted octanol–water partition coefficient (Wildman–Crippen LogP) is 4.60. The highest BCUT2D eigenvalue weighted by Crippen LogP contribution is 2.23. The van der Waals surface area contributed by atoms with Crippen LogP contribution in [-0.4, -0.2) is 36.5 Å². The normalized spacial score (nSPS) is 11.5. The molecule has 0 aliphatic carbocycles. The lowest BCUT2D eigenvalue weighted by Gasteiger charge is -2.10. The molecule has 0 saturated carbocycles. The van der Waals surface area contributed by atoms with Crippen molar-refractivity contribution in [2.75, 3.05) is 12.4 Å². The number of benzene rings is 1. The topological polar surface area (TPSA) is 90.3 Å². The fraction of sp³-hybridized carbons (Fsp3) is 0.524. The number of hydrogen-bond acceptors (Lipinski definition) is 5. The molecule has 0 bridgehead atoms. The maximum absolute atomic E-state index is 12.4. The molecule has 31 heavy (non-hydrogen) atoms. The van der Waals surface area contributed by atoms with E-state index in [2.05, 4.69) is 16.7 Å². The second-order valence-electron chi connectivity index (χ2n) is 7.30. The zero-order chi connectivity index (χ0) is 22.9. The quantitative estimate of drug-likeness (QED) is 0.415. The first-order valence-electron chi connectivity index (χ1n) is 10.4. The van der Waals surface area contributed by atoms with Crippen molar-refractivity contribution in [1.82, 2.24) is 14.5 Å². The van der Waals surface area contributed by atoms with Gasteiger partial charge in [-0.25, -0.2) is 8.42 Å². The van der Waals surface area contributed by atoms with E-state index in [0.717, 1.165) is 31.2 Å². The molecule has 7 nitrogen and oxygen atoms in total. The molecule has 0 radical (unpaired) electrons. The summed E-state index contributed by atoms with van der Waals surface area (Å²) >= 11 is 12.2. The number of sulfonamides is 1. The number of halogens is 2. The second-order valence-corrected chi connectivity index (χ2v) is 9.98. The molecule has 0 saturated heterocycles. The second kappa shape index (κ2) is 12.3. The van der Waals surface area contributed by atoms with Gasteiger partial charge >= 0.3 is 0 Å². The van der Waals surface area contributed by atoms with Crippen LogP contribution >= 0.6 is 23.2 Å².